The highest BCUT2D eigenvalue weighted by atomic mass is 19.4. The van der Waals surface area contributed by atoms with Crippen LogP contribution >= 0.6 is 0 Å². The van der Waals surface area contributed by atoms with Crippen molar-refractivity contribution >= 4 is 11.9 Å². The third-order valence-corrected chi connectivity index (χ3v) is 2.71. The minimum Gasteiger partial charge on any atom is -0.478 e. The molecule has 0 aliphatic rings. The van der Waals surface area contributed by atoms with Crippen LogP contribution in [0.5, 0.6) is 0 Å². The molecule has 0 bridgehead atoms. The van der Waals surface area contributed by atoms with E-state index in [1.165, 1.54) is 6.92 Å². The van der Waals surface area contributed by atoms with Crippen molar-refractivity contribution < 1.29 is 27.9 Å². The Bertz CT molecular complexity index is 556. The summed E-state index contributed by atoms with van der Waals surface area (Å²) in [5.74, 6) is -2.19. The number of carbonyl (C=O) groups excluding carboxylic acids is 1. The zero-order valence-electron chi connectivity index (χ0n) is 12.1. The molecule has 1 amide bonds. The van der Waals surface area contributed by atoms with Crippen LogP contribution in [0.2, 0.25) is 0 Å². The van der Waals surface area contributed by atoms with Gasteiger partial charge in [-0.2, -0.15) is 13.2 Å². The average molecular weight is 306 g/mol. The summed E-state index contributed by atoms with van der Waals surface area (Å²) in [4.78, 5) is 22.8. The average Bonchev–Trinajstić information content (AvgIpc) is 2.69. The molecule has 0 aliphatic carbocycles. The van der Waals surface area contributed by atoms with E-state index in [1.54, 1.807) is 20.8 Å². The quantitative estimate of drug-likeness (QED) is 0.902. The highest BCUT2D eigenvalue weighted by Gasteiger charge is 2.38. The van der Waals surface area contributed by atoms with Gasteiger partial charge in [-0.05, 0) is 27.7 Å². The molecule has 1 aromatic rings. The van der Waals surface area contributed by atoms with E-state index in [-0.39, 0.29) is 0 Å². The predicted octanol–water partition coefficient (Wildman–Crippen LogP) is 2.68. The summed E-state index contributed by atoms with van der Waals surface area (Å²) in [6, 6.07) is -0.960. The maximum atomic E-state index is 12.8. The number of aromatic carboxylic acids is 1. The van der Waals surface area contributed by atoms with Crippen LogP contribution in [0.1, 0.15) is 49.7 Å². The number of nitrogens with one attached hydrogen (secondary N) is 1. The first kappa shape index (κ1) is 17.1. The first-order valence-corrected chi connectivity index (χ1v) is 6.17. The highest BCUT2D eigenvalue weighted by Crippen LogP contribution is 2.33. The zero-order chi connectivity index (χ0) is 16.6. The molecule has 21 heavy (non-hydrogen) atoms. The summed E-state index contributed by atoms with van der Waals surface area (Å²) < 4.78 is 39.3. The molecule has 0 aromatic carbocycles. The third kappa shape index (κ3) is 4.24. The molecular weight excluding hydrogens is 289 g/mol. The van der Waals surface area contributed by atoms with E-state index in [9.17, 15) is 22.8 Å². The van der Waals surface area contributed by atoms with Crippen LogP contribution in [0.4, 0.5) is 13.2 Å². The molecule has 2 N–H and O–H groups in total. The fourth-order valence-electron chi connectivity index (χ4n) is 1.70. The largest absolute Gasteiger partial charge is 0.478 e. The van der Waals surface area contributed by atoms with Gasteiger partial charge in [0.25, 0.3) is 0 Å². The monoisotopic (exact) mass is 306 g/mol. The first-order chi connectivity index (χ1) is 9.33. The Morgan fingerprint density at radius 1 is 1.24 bits per heavy atom. The van der Waals surface area contributed by atoms with Crippen molar-refractivity contribution in [3.63, 3.8) is 0 Å². The van der Waals surface area contributed by atoms with Crippen molar-refractivity contribution in [2.75, 3.05) is 0 Å². The molecule has 8 heteroatoms. The summed E-state index contributed by atoms with van der Waals surface area (Å²) in [6.45, 7) is 6.60. The number of hydrogen-bond donors (Lipinski definition) is 2. The summed E-state index contributed by atoms with van der Waals surface area (Å²) in [5, 5.41) is 11.5. The van der Waals surface area contributed by atoms with Crippen molar-refractivity contribution in [3.8, 4) is 0 Å². The van der Waals surface area contributed by atoms with Crippen molar-refractivity contribution in [1.82, 2.24) is 9.88 Å². The van der Waals surface area contributed by atoms with Crippen molar-refractivity contribution in [2.45, 2.75) is 45.5 Å². The molecule has 0 aliphatic heterocycles. The summed E-state index contributed by atoms with van der Waals surface area (Å²) >= 11 is 0. The van der Waals surface area contributed by atoms with E-state index in [0.29, 0.717) is 6.20 Å². The number of aromatic nitrogens is 1. The Balaban J connectivity index is 3.15. The van der Waals surface area contributed by atoms with Crippen LogP contribution in [0.25, 0.3) is 0 Å². The van der Waals surface area contributed by atoms with Crippen molar-refractivity contribution in [3.05, 3.63) is 23.5 Å². The number of carbonyl (C=O) groups is 2. The lowest BCUT2D eigenvalue weighted by Crippen LogP contribution is -2.43. The second-order valence-electron chi connectivity index (χ2n) is 5.75. The van der Waals surface area contributed by atoms with E-state index < -0.39 is 40.8 Å². The maximum absolute atomic E-state index is 12.8. The number of hydrogen-bond acceptors (Lipinski definition) is 2. The molecular formula is C13H17F3N2O3. The Hall–Kier alpha value is -1.99. The van der Waals surface area contributed by atoms with Crippen LogP contribution in [0.15, 0.2) is 12.4 Å². The Morgan fingerprint density at radius 2 is 1.76 bits per heavy atom. The van der Waals surface area contributed by atoms with E-state index in [0.717, 1.165) is 10.8 Å². The molecule has 0 fully saturated rings. The molecule has 118 valence electrons. The standard InChI is InChI=1S/C13H17F3N2O3/c1-7(10(19)17-12(2,3)4)18-5-8(11(20)21)9(6-18)13(14,15)16/h5-7H,1-4H3,(H,17,19)(H,20,21). The van der Waals surface area contributed by atoms with Crippen LogP contribution in [0, 0.1) is 0 Å². The summed E-state index contributed by atoms with van der Waals surface area (Å²) in [7, 11) is 0. The van der Waals surface area contributed by atoms with Crippen molar-refractivity contribution in [2.24, 2.45) is 0 Å². The molecule has 1 aromatic heterocycles. The van der Waals surface area contributed by atoms with E-state index in [1.807, 2.05) is 0 Å². The van der Waals surface area contributed by atoms with Crippen LogP contribution < -0.4 is 5.32 Å². The first-order valence-electron chi connectivity index (χ1n) is 6.17. The molecule has 5 nitrogen and oxygen atoms in total. The summed E-state index contributed by atoms with van der Waals surface area (Å²) in [5.41, 5.74) is -2.69. The van der Waals surface area contributed by atoms with Gasteiger partial charge in [-0.3, -0.25) is 4.79 Å². The van der Waals surface area contributed by atoms with Crippen molar-refractivity contribution in [1.29, 1.82) is 0 Å². The molecule has 0 saturated carbocycles. The number of carboxylic acids is 1. The van der Waals surface area contributed by atoms with E-state index >= 15 is 0 Å². The normalized spacial score (nSPS) is 13.9. The van der Waals surface area contributed by atoms with Gasteiger partial charge in [0, 0.05) is 17.9 Å². The fourth-order valence-corrected chi connectivity index (χ4v) is 1.70. The molecule has 0 saturated heterocycles. The van der Waals surface area contributed by atoms with E-state index in [4.69, 9.17) is 5.11 Å². The van der Waals surface area contributed by atoms with Gasteiger partial charge in [0.15, 0.2) is 0 Å². The minimum absolute atomic E-state index is 0.497. The molecule has 0 spiro atoms. The third-order valence-electron chi connectivity index (χ3n) is 2.71. The molecule has 1 heterocycles. The van der Waals surface area contributed by atoms with Crippen LogP contribution in [-0.4, -0.2) is 27.1 Å². The van der Waals surface area contributed by atoms with Gasteiger partial charge in [-0.1, -0.05) is 0 Å². The predicted molar refractivity (Wildman–Crippen MR) is 69.0 cm³/mol. The van der Waals surface area contributed by atoms with Gasteiger partial charge >= 0.3 is 12.1 Å². The van der Waals surface area contributed by atoms with Gasteiger partial charge < -0.3 is 15.0 Å². The maximum Gasteiger partial charge on any atom is 0.418 e. The smallest absolute Gasteiger partial charge is 0.418 e. The SMILES string of the molecule is CC(C(=O)NC(C)(C)C)n1cc(C(=O)O)c(C(F)(F)F)c1. The Labute approximate surface area is 119 Å². The topological polar surface area (TPSA) is 71.3 Å². The minimum atomic E-state index is -4.79. The highest BCUT2D eigenvalue weighted by molar-refractivity contribution is 5.90. The van der Waals surface area contributed by atoms with Crippen LogP contribution in [0.3, 0.4) is 0 Å². The molecule has 1 unspecified atom stereocenters. The molecule has 0 radical (unpaired) electrons. The van der Waals surface area contributed by atoms with Gasteiger partial charge in [-0.15, -0.1) is 0 Å². The number of nitrogens with zero attached hydrogens (tertiary/aromatic N) is 1. The van der Waals surface area contributed by atoms with Gasteiger partial charge in [-0.25, -0.2) is 4.79 Å². The second kappa shape index (κ2) is 5.42. The van der Waals surface area contributed by atoms with Gasteiger partial charge in [0.1, 0.15) is 6.04 Å². The number of carboxylic acid groups (broad SMARTS) is 1. The molecule has 1 rings (SSSR count). The number of alkyl halides is 3. The van der Waals surface area contributed by atoms with Gasteiger partial charge in [0.05, 0.1) is 11.1 Å². The number of amides is 1. The van der Waals surface area contributed by atoms with E-state index in [2.05, 4.69) is 5.32 Å². The molecule has 1 atom stereocenters. The lowest BCUT2D eigenvalue weighted by Gasteiger charge is -2.23. The number of halogens is 3. The fraction of sp³-hybridized carbons (Fsp3) is 0.538. The van der Waals surface area contributed by atoms with Crippen LogP contribution in [-0.2, 0) is 11.0 Å². The summed E-state index contributed by atoms with van der Waals surface area (Å²) in [6.07, 6.45) is -3.34. The second-order valence-corrected chi connectivity index (χ2v) is 5.75. The number of rotatable bonds is 3. The lowest BCUT2D eigenvalue weighted by atomic mass is 10.1. The Kier molecular flexibility index (Phi) is 4.40. The Morgan fingerprint density at radius 3 is 2.10 bits per heavy atom. The van der Waals surface area contributed by atoms with Gasteiger partial charge in [0.2, 0.25) is 5.91 Å². The lowest BCUT2D eigenvalue weighted by molar-refractivity contribution is -0.138. The zero-order valence-corrected chi connectivity index (χ0v) is 12.1.